The molecule has 0 unspecified atom stereocenters. The van der Waals surface area contributed by atoms with Crippen LogP contribution in [0, 0.1) is 40.4 Å². The third kappa shape index (κ3) is 2.72. The van der Waals surface area contributed by atoms with Crippen LogP contribution in [0.4, 0.5) is 0 Å². The molecule has 0 amide bonds. The summed E-state index contributed by atoms with van der Waals surface area (Å²) in [7, 11) is 0. The summed E-state index contributed by atoms with van der Waals surface area (Å²) in [4.78, 5) is 0. The van der Waals surface area contributed by atoms with Crippen molar-refractivity contribution < 1.29 is 45.2 Å². The van der Waals surface area contributed by atoms with Crippen LogP contribution in [0.25, 0.3) is 0 Å². The minimum absolute atomic E-state index is 0.0658. The fourth-order valence-electron chi connectivity index (χ4n) is 10.3. The fraction of sp³-hybridized carbons (Fsp3) is 0.926. The first-order valence-corrected chi connectivity index (χ1v) is 13.5. The Hall–Kier alpha value is -0.620. The summed E-state index contributed by atoms with van der Waals surface area (Å²) in [5.74, 6) is -1.38. The van der Waals surface area contributed by atoms with Crippen LogP contribution in [0.2, 0.25) is 0 Å². The SMILES string of the molecule is C=C1CC[C@@]2(OC1)O[C@H]1C[C@@H]3[C@H]4[C@H](O)[C@@H](O)[C@]5(O)[C@@H](O)[C@@H](O)[C@@H](O)[C@@H](O)[C@]5(C)[C@H]4CC[C@]3(C)[C@H]1[C@@H]2C. The lowest BCUT2D eigenvalue weighted by molar-refractivity contribution is -0.367. The zero-order chi connectivity index (χ0) is 26.2. The first kappa shape index (κ1) is 25.6. The van der Waals surface area contributed by atoms with Crippen molar-refractivity contribution in [1.29, 1.82) is 0 Å². The van der Waals surface area contributed by atoms with E-state index in [1.54, 1.807) is 6.92 Å². The molecule has 6 rings (SSSR count). The average Bonchev–Trinajstić information content (AvgIpc) is 3.29. The van der Waals surface area contributed by atoms with Crippen LogP contribution < -0.4 is 0 Å². The van der Waals surface area contributed by atoms with Crippen molar-refractivity contribution in [3.8, 4) is 0 Å². The summed E-state index contributed by atoms with van der Waals surface area (Å²) in [6.07, 6.45) is -6.77. The number of aliphatic hydroxyl groups excluding tert-OH is 6. The van der Waals surface area contributed by atoms with Crippen molar-refractivity contribution in [2.24, 2.45) is 40.4 Å². The second-order valence-electron chi connectivity index (χ2n) is 13.3. The summed E-state index contributed by atoms with van der Waals surface area (Å²) in [5.41, 5.74) is -3.10. The maximum atomic E-state index is 11.7. The smallest absolute Gasteiger partial charge is 0.172 e. The van der Waals surface area contributed by atoms with E-state index in [1.807, 2.05) is 0 Å². The van der Waals surface area contributed by atoms with E-state index in [1.165, 1.54) is 0 Å². The van der Waals surface area contributed by atoms with Gasteiger partial charge in [-0.1, -0.05) is 32.9 Å². The molecular weight excluding hydrogens is 468 g/mol. The molecule has 4 saturated carbocycles. The first-order valence-electron chi connectivity index (χ1n) is 13.5. The predicted octanol–water partition coefficient (Wildman–Crippen LogP) is -0.317. The largest absolute Gasteiger partial charge is 0.390 e. The number of hydrogen-bond acceptors (Lipinski definition) is 9. The number of ether oxygens (including phenoxy) is 2. The lowest BCUT2D eigenvalue weighted by atomic mass is 9.40. The summed E-state index contributed by atoms with van der Waals surface area (Å²) in [6, 6.07) is 0. The van der Waals surface area contributed by atoms with Gasteiger partial charge in [-0.2, -0.15) is 0 Å². The van der Waals surface area contributed by atoms with Crippen LogP contribution in [-0.4, -0.2) is 96.5 Å². The van der Waals surface area contributed by atoms with Crippen molar-refractivity contribution in [2.45, 2.75) is 107 Å². The van der Waals surface area contributed by atoms with E-state index < -0.39 is 65.3 Å². The number of hydrogen-bond donors (Lipinski definition) is 7. The van der Waals surface area contributed by atoms with Crippen LogP contribution in [-0.2, 0) is 9.47 Å². The maximum Gasteiger partial charge on any atom is 0.172 e. The number of rotatable bonds is 0. The van der Waals surface area contributed by atoms with E-state index in [4.69, 9.17) is 9.47 Å². The molecule has 9 heteroatoms. The van der Waals surface area contributed by atoms with Gasteiger partial charge in [0, 0.05) is 17.8 Å². The minimum atomic E-state index is -2.39. The van der Waals surface area contributed by atoms with Gasteiger partial charge in [-0.15, -0.1) is 0 Å². The lowest BCUT2D eigenvalue weighted by Gasteiger charge is -2.69. The number of fused-ring (bicyclic) bond motifs is 7. The highest BCUT2D eigenvalue weighted by Gasteiger charge is 2.78. The molecule has 16 atom stereocenters. The average molecular weight is 511 g/mol. The normalized spacial score (nSPS) is 64.6. The van der Waals surface area contributed by atoms with Crippen LogP contribution in [0.1, 0.15) is 52.9 Å². The van der Waals surface area contributed by atoms with Crippen molar-refractivity contribution in [3.63, 3.8) is 0 Å². The Bertz CT molecular complexity index is 932. The highest BCUT2D eigenvalue weighted by Crippen LogP contribution is 2.71. The van der Waals surface area contributed by atoms with Crippen molar-refractivity contribution in [3.05, 3.63) is 12.2 Å². The van der Waals surface area contributed by atoms with Gasteiger partial charge in [0.15, 0.2) is 5.79 Å². The van der Waals surface area contributed by atoms with Gasteiger partial charge in [0.05, 0.1) is 24.9 Å². The molecule has 9 nitrogen and oxygen atoms in total. The van der Waals surface area contributed by atoms with Crippen LogP contribution in [0.15, 0.2) is 12.2 Å². The maximum absolute atomic E-state index is 11.7. The minimum Gasteiger partial charge on any atom is -0.390 e. The zero-order valence-electron chi connectivity index (χ0n) is 21.3. The Labute approximate surface area is 211 Å². The first-order chi connectivity index (χ1) is 16.8. The van der Waals surface area contributed by atoms with E-state index in [9.17, 15) is 35.7 Å². The Morgan fingerprint density at radius 2 is 1.53 bits per heavy atom. The monoisotopic (exact) mass is 510 g/mol. The Morgan fingerprint density at radius 3 is 2.17 bits per heavy atom. The van der Waals surface area contributed by atoms with Crippen molar-refractivity contribution >= 4 is 0 Å². The fourth-order valence-corrected chi connectivity index (χ4v) is 10.3. The van der Waals surface area contributed by atoms with Gasteiger partial charge < -0.3 is 45.2 Å². The molecule has 36 heavy (non-hydrogen) atoms. The summed E-state index contributed by atoms with van der Waals surface area (Å²) in [5, 5.41) is 77.5. The summed E-state index contributed by atoms with van der Waals surface area (Å²) < 4.78 is 12.9. The topological polar surface area (TPSA) is 160 Å². The molecule has 2 heterocycles. The molecule has 0 bridgehead atoms. The molecule has 6 aliphatic rings. The molecule has 1 spiro atoms. The molecular formula is C27H42O9. The molecule has 0 aromatic rings. The quantitative estimate of drug-likeness (QED) is 0.217. The van der Waals surface area contributed by atoms with Crippen molar-refractivity contribution in [2.75, 3.05) is 6.61 Å². The third-order valence-electron chi connectivity index (χ3n) is 12.2. The van der Waals surface area contributed by atoms with Gasteiger partial charge in [-0.05, 0) is 54.8 Å². The van der Waals surface area contributed by atoms with E-state index in [-0.39, 0.29) is 29.3 Å². The zero-order valence-corrected chi connectivity index (χ0v) is 21.3. The second-order valence-corrected chi connectivity index (χ2v) is 13.3. The number of aliphatic hydroxyl groups is 7. The molecule has 4 aliphatic carbocycles. The van der Waals surface area contributed by atoms with Gasteiger partial charge in [0.25, 0.3) is 0 Å². The highest BCUT2D eigenvalue weighted by atomic mass is 16.7. The van der Waals surface area contributed by atoms with Gasteiger partial charge in [0.1, 0.15) is 30.0 Å². The van der Waals surface area contributed by atoms with Crippen LogP contribution >= 0.6 is 0 Å². The summed E-state index contributed by atoms with van der Waals surface area (Å²) >= 11 is 0. The van der Waals surface area contributed by atoms with Crippen molar-refractivity contribution in [1.82, 2.24) is 0 Å². The molecule has 2 saturated heterocycles. The lowest BCUT2D eigenvalue weighted by Crippen LogP contribution is -2.83. The predicted molar refractivity (Wildman–Crippen MR) is 126 cm³/mol. The Morgan fingerprint density at radius 1 is 0.889 bits per heavy atom. The van der Waals surface area contributed by atoms with E-state index >= 15 is 0 Å². The van der Waals surface area contributed by atoms with Gasteiger partial charge in [0.2, 0.25) is 0 Å². The molecule has 7 N–H and O–H groups in total. The van der Waals surface area contributed by atoms with E-state index in [0.29, 0.717) is 19.4 Å². The highest BCUT2D eigenvalue weighted by molar-refractivity contribution is 5.27. The molecule has 0 aromatic carbocycles. The molecule has 0 aromatic heterocycles. The molecule has 6 fully saturated rings. The van der Waals surface area contributed by atoms with E-state index in [2.05, 4.69) is 20.4 Å². The summed E-state index contributed by atoms with van der Waals surface area (Å²) in [6.45, 7) is 10.5. The molecule has 2 aliphatic heterocycles. The van der Waals surface area contributed by atoms with E-state index in [0.717, 1.165) is 24.8 Å². The second kappa shape index (κ2) is 7.73. The van der Waals surface area contributed by atoms with Crippen LogP contribution in [0.5, 0.6) is 0 Å². The van der Waals surface area contributed by atoms with Gasteiger partial charge in [-0.3, -0.25) is 0 Å². The Balaban J connectivity index is 1.37. The Kier molecular flexibility index (Phi) is 5.51. The third-order valence-corrected chi connectivity index (χ3v) is 12.2. The molecule has 0 radical (unpaired) electrons. The van der Waals surface area contributed by atoms with Crippen LogP contribution in [0.3, 0.4) is 0 Å². The van der Waals surface area contributed by atoms with Gasteiger partial charge >= 0.3 is 0 Å². The molecule has 204 valence electrons. The van der Waals surface area contributed by atoms with Gasteiger partial charge in [-0.25, -0.2) is 0 Å². The standard InChI is InChI=1S/C27H42O9/c1-11-5-8-26(35-10-11)12(2)17-15(36-26)9-14-16-13(6-7-24(14,17)3)25(4)21(31)19(29)20(30)23(33)27(25,34)22(32)18(16)28/h12-23,28-34H,1,5-10H2,2-4H3/t12-,13-,14+,15-,16-,17-,18-,19+,20-,21+,22+,23-,24-,25-,26+,27-/m0/s1.